The van der Waals surface area contributed by atoms with Gasteiger partial charge in [-0.25, -0.2) is 0 Å². The molecule has 0 saturated heterocycles. The van der Waals surface area contributed by atoms with Crippen LogP contribution in [0.4, 0.5) is 0 Å². The quantitative estimate of drug-likeness (QED) is 0.706. The van der Waals surface area contributed by atoms with Gasteiger partial charge in [-0.15, -0.1) is 0 Å². The first-order valence-electron chi connectivity index (χ1n) is 9.96. The van der Waals surface area contributed by atoms with Crippen molar-refractivity contribution in [2.45, 2.75) is 66.4 Å². The summed E-state index contributed by atoms with van der Waals surface area (Å²) in [4.78, 5) is 0. The van der Waals surface area contributed by atoms with Crippen LogP contribution >= 0.6 is 0 Å². The molecule has 1 N–H and O–H groups in total. The van der Waals surface area contributed by atoms with Crippen molar-refractivity contribution in [3.05, 3.63) is 57.6 Å². The minimum Gasteiger partial charge on any atom is -0.496 e. The van der Waals surface area contributed by atoms with Crippen LogP contribution in [0, 0.1) is 26.7 Å². The van der Waals surface area contributed by atoms with Gasteiger partial charge in [0, 0.05) is 11.1 Å². The van der Waals surface area contributed by atoms with Crippen molar-refractivity contribution < 1.29 is 14.6 Å². The Morgan fingerprint density at radius 2 is 1.18 bits per heavy atom. The lowest BCUT2D eigenvalue weighted by molar-refractivity contribution is 0.0285. The lowest BCUT2D eigenvalue weighted by Gasteiger charge is -2.37. The molecule has 0 fully saturated rings. The van der Waals surface area contributed by atoms with Crippen molar-refractivity contribution >= 4 is 0 Å². The standard InChI is InChI=1S/C25H36O3/c1-15(2)25(26,20-13-11-19(12-14-20)24(6,7)8)21-18(5)22(27-9)16(3)17(4)23(21)28-10/h11-15,26H,1-10H3. The van der Waals surface area contributed by atoms with Crippen molar-refractivity contribution in [3.8, 4) is 11.5 Å². The van der Waals surface area contributed by atoms with Gasteiger partial charge in [0.25, 0.3) is 0 Å². The van der Waals surface area contributed by atoms with Crippen LogP contribution in [0.25, 0.3) is 0 Å². The van der Waals surface area contributed by atoms with Crippen LogP contribution in [0.15, 0.2) is 24.3 Å². The van der Waals surface area contributed by atoms with Crippen LogP contribution in [0.1, 0.15) is 68.0 Å². The zero-order valence-corrected chi connectivity index (χ0v) is 19.2. The lowest BCUT2D eigenvalue weighted by Crippen LogP contribution is -2.35. The smallest absolute Gasteiger partial charge is 0.129 e. The highest BCUT2D eigenvalue weighted by atomic mass is 16.5. The predicted molar refractivity (Wildman–Crippen MR) is 117 cm³/mol. The first-order chi connectivity index (χ1) is 12.9. The van der Waals surface area contributed by atoms with Gasteiger partial charge in [0.15, 0.2) is 0 Å². The van der Waals surface area contributed by atoms with Gasteiger partial charge >= 0.3 is 0 Å². The summed E-state index contributed by atoms with van der Waals surface area (Å²) >= 11 is 0. The number of hydrogen-bond donors (Lipinski definition) is 1. The van der Waals surface area contributed by atoms with E-state index in [1.54, 1.807) is 14.2 Å². The van der Waals surface area contributed by atoms with Crippen LogP contribution in [0.2, 0.25) is 0 Å². The van der Waals surface area contributed by atoms with Crippen LogP contribution in [-0.4, -0.2) is 19.3 Å². The number of rotatable bonds is 5. The highest BCUT2D eigenvalue weighted by molar-refractivity contribution is 5.62. The van der Waals surface area contributed by atoms with E-state index >= 15 is 0 Å². The second kappa shape index (κ2) is 7.79. The summed E-state index contributed by atoms with van der Waals surface area (Å²) in [5.41, 5.74) is 4.70. The van der Waals surface area contributed by atoms with E-state index < -0.39 is 5.60 Å². The van der Waals surface area contributed by atoms with Crippen LogP contribution in [0.5, 0.6) is 11.5 Å². The van der Waals surface area contributed by atoms with Gasteiger partial charge in [-0.05, 0) is 54.4 Å². The highest BCUT2D eigenvalue weighted by Crippen LogP contribution is 2.48. The Morgan fingerprint density at radius 3 is 1.57 bits per heavy atom. The van der Waals surface area contributed by atoms with Gasteiger partial charge in [-0.3, -0.25) is 0 Å². The minimum absolute atomic E-state index is 0.0613. The van der Waals surface area contributed by atoms with E-state index in [4.69, 9.17) is 9.47 Å². The van der Waals surface area contributed by atoms with E-state index in [0.717, 1.165) is 39.3 Å². The molecule has 0 aromatic heterocycles. The van der Waals surface area contributed by atoms with Crippen LogP contribution in [-0.2, 0) is 11.0 Å². The summed E-state index contributed by atoms with van der Waals surface area (Å²) in [5, 5.41) is 12.1. The molecular formula is C25H36O3. The highest BCUT2D eigenvalue weighted by Gasteiger charge is 2.41. The maximum Gasteiger partial charge on any atom is 0.129 e. The van der Waals surface area contributed by atoms with E-state index in [1.165, 1.54) is 5.56 Å². The van der Waals surface area contributed by atoms with Crippen molar-refractivity contribution in [2.24, 2.45) is 5.92 Å². The fourth-order valence-electron chi connectivity index (χ4n) is 4.10. The third-order valence-electron chi connectivity index (χ3n) is 6.00. The van der Waals surface area contributed by atoms with Crippen LogP contribution < -0.4 is 9.47 Å². The maximum absolute atomic E-state index is 12.1. The average Bonchev–Trinajstić information content (AvgIpc) is 2.63. The molecule has 2 aromatic rings. The summed E-state index contributed by atoms with van der Waals surface area (Å²) in [6, 6.07) is 8.31. The molecule has 28 heavy (non-hydrogen) atoms. The zero-order chi connectivity index (χ0) is 21.4. The van der Waals surface area contributed by atoms with Crippen molar-refractivity contribution in [1.29, 1.82) is 0 Å². The maximum atomic E-state index is 12.1. The minimum atomic E-state index is -1.20. The molecule has 2 rings (SSSR count). The molecule has 0 heterocycles. The van der Waals surface area contributed by atoms with Crippen molar-refractivity contribution in [2.75, 3.05) is 14.2 Å². The van der Waals surface area contributed by atoms with Gasteiger partial charge in [0.1, 0.15) is 17.1 Å². The third-order valence-corrected chi connectivity index (χ3v) is 6.00. The van der Waals surface area contributed by atoms with E-state index in [9.17, 15) is 5.11 Å². The molecule has 3 heteroatoms. The molecule has 2 aromatic carbocycles. The topological polar surface area (TPSA) is 38.7 Å². The summed E-state index contributed by atoms with van der Waals surface area (Å²) in [7, 11) is 3.35. The summed E-state index contributed by atoms with van der Waals surface area (Å²) < 4.78 is 11.5. The number of benzene rings is 2. The Bertz CT molecular complexity index is 842. The second-order valence-corrected chi connectivity index (χ2v) is 9.06. The van der Waals surface area contributed by atoms with E-state index in [-0.39, 0.29) is 11.3 Å². The van der Waals surface area contributed by atoms with Crippen molar-refractivity contribution in [3.63, 3.8) is 0 Å². The van der Waals surface area contributed by atoms with Crippen LogP contribution in [0.3, 0.4) is 0 Å². The predicted octanol–water partition coefficient (Wildman–Crippen LogP) is 5.82. The molecular weight excluding hydrogens is 348 g/mol. The molecule has 0 aliphatic rings. The van der Waals surface area contributed by atoms with Gasteiger partial charge in [-0.1, -0.05) is 58.9 Å². The van der Waals surface area contributed by atoms with Gasteiger partial charge in [0.05, 0.1) is 14.2 Å². The fraction of sp³-hybridized carbons (Fsp3) is 0.520. The first kappa shape index (κ1) is 22.3. The molecule has 0 saturated carbocycles. The Kier molecular flexibility index (Phi) is 6.20. The van der Waals surface area contributed by atoms with Gasteiger partial charge < -0.3 is 14.6 Å². The fourth-order valence-corrected chi connectivity index (χ4v) is 4.10. The van der Waals surface area contributed by atoms with Gasteiger partial charge in [-0.2, -0.15) is 0 Å². The number of ether oxygens (including phenoxy) is 2. The molecule has 0 bridgehead atoms. The molecule has 154 valence electrons. The Morgan fingerprint density at radius 1 is 0.750 bits per heavy atom. The summed E-state index contributed by atoms with van der Waals surface area (Å²) in [6.07, 6.45) is 0. The molecule has 0 spiro atoms. The van der Waals surface area contributed by atoms with Crippen molar-refractivity contribution in [1.82, 2.24) is 0 Å². The first-order valence-corrected chi connectivity index (χ1v) is 9.96. The largest absolute Gasteiger partial charge is 0.496 e. The Balaban J connectivity index is 2.85. The van der Waals surface area contributed by atoms with Gasteiger partial charge in [0.2, 0.25) is 0 Å². The molecule has 1 unspecified atom stereocenters. The monoisotopic (exact) mass is 384 g/mol. The van der Waals surface area contributed by atoms with E-state index in [1.807, 2.05) is 46.8 Å². The number of methoxy groups -OCH3 is 2. The third kappa shape index (κ3) is 3.53. The number of aliphatic hydroxyl groups is 1. The summed E-state index contributed by atoms with van der Waals surface area (Å²) in [6.45, 7) is 16.7. The van der Waals surface area contributed by atoms with E-state index in [0.29, 0.717) is 0 Å². The molecule has 0 radical (unpaired) electrons. The Labute approximate surface area is 170 Å². The zero-order valence-electron chi connectivity index (χ0n) is 19.2. The molecule has 3 nitrogen and oxygen atoms in total. The normalized spacial score (nSPS) is 14.1. The van der Waals surface area contributed by atoms with E-state index in [2.05, 4.69) is 32.9 Å². The molecule has 0 amide bonds. The number of hydrogen-bond acceptors (Lipinski definition) is 3. The lowest BCUT2D eigenvalue weighted by atomic mass is 9.73. The molecule has 0 aliphatic heterocycles. The average molecular weight is 385 g/mol. The SMILES string of the molecule is COc1c(C)c(C)c(OC)c(C(O)(c2ccc(C(C)(C)C)cc2)C(C)C)c1C. The molecule has 1 atom stereocenters. The second-order valence-electron chi connectivity index (χ2n) is 9.06. The summed E-state index contributed by atoms with van der Waals surface area (Å²) in [5.74, 6) is 1.47. The molecule has 0 aliphatic carbocycles. The Hall–Kier alpha value is -2.00.